The van der Waals surface area contributed by atoms with Crippen molar-refractivity contribution >= 4 is 23.3 Å². The van der Waals surface area contributed by atoms with Gasteiger partial charge in [-0.1, -0.05) is 30.9 Å². The average Bonchev–Trinajstić information content (AvgIpc) is 2.53. The standard InChI is InChI=1S/C16H22ClN3O/c1-18-15-9-13(8-14(17)19-15)16(21)20-7-6-11-4-2-3-5-12(11)10-20/h8-9,11-12H,2-7,10H2,1H3,(H,18,19). The van der Waals surface area contributed by atoms with Gasteiger partial charge in [-0.3, -0.25) is 4.79 Å². The molecule has 1 amide bonds. The Morgan fingerprint density at radius 1 is 1.29 bits per heavy atom. The second-order valence-electron chi connectivity index (χ2n) is 6.16. The van der Waals surface area contributed by atoms with Crippen LogP contribution in [0.15, 0.2) is 12.1 Å². The van der Waals surface area contributed by atoms with E-state index in [1.807, 2.05) is 4.90 Å². The van der Waals surface area contributed by atoms with Gasteiger partial charge in [0.05, 0.1) is 0 Å². The summed E-state index contributed by atoms with van der Waals surface area (Å²) in [5.41, 5.74) is 0.633. The Bertz CT molecular complexity index is 534. The number of aromatic nitrogens is 1. The van der Waals surface area contributed by atoms with Crippen LogP contribution in [0.2, 0.25) is 5.15 Å². The topological polar surface area (TPSA) is 45.2 Å². The van der Waals surface area contributed by atoms with Crippen LogP contribution in [0.3, 0.4) is 0 Å². The van der Waals surface area contributed by atoms with Gasteiger partial charge in [0.25, 0.3) is 5.91 Å². The lowest BCUT2D eigenvalue weighted by atomic mass is 9.75. The van der Waals surface area contributed by atoms with Gasteiger partial charge in [0.15, 0.2) is 0 Å². The van der Waals surface area contributed by atoms with E-state index in [-0.39, 0.29) is 5.91 Å². The predicted octanol–water partition coefficient (Wildman–Crippen LogP) is 3.43. The summed E-state index contributed by atoms with van der Waals surface area (Å²) in [4.78, 5) is 18.8. The zero-order valence-corrected chi connectivity index (χ0v) is 13.2. The van der Waals surface area contributed by atoms with Gasteiger partial charge in [-0.05, 0) is 36.8 Å². The number of carbonyl (C=O) groups excluding carboxylic acids is 1. The van der Waals surface area contributed by atoms with Gasteiger partial charge in [-0.25, -0.2) is 4.98 Å². The lowest BCUT2D eigenvalue weighted by Gasteiger charge is -2.41. The number of halogens is 1. The highest BCUT2D eigenvalue weighted by Crippen LogP contribution is 2.36. The largest absolute Gasteiger partial charge is 0.373 e. The minimum absolute atomic E-state index is 0.0832. The van der Waals surface area contributed by atoms with Gasteiger partial charge in [0.2, 0.25) is 0 Å². The van der Waals surface area contributed by atoms with Crippen molar-refractivity contribution in [3.63, 3.8) is 0 Å². The fraction of sp³-hybridized carbons (Fsp3) is 0.625. The Morgan fingerprint density at radius 3 is 2.81 bits per heavy atom. The third kappa shape index (κ3) is 3.15. The fourth-order valence-electron chi connectivity index (χ4n) is 3.72. The fourth-order valence-corrected chi connectivity index (χ4v) is 3.92. The van der Waals surface area contributed by atoms with Crippen LogP contribution in [-0.2, 0) is 0 Å². The van der Waals surface area contributed by atoms with Gasteiger partial charge in [-0.2, -0.15) is 0 Å². The summed E-state index contributed by atoms with van der Waals surface area (Å²) in [6, 6.07) is 3.44. The Hall–Kier alpha value is -1.29. The van der Waals surface area contributed by atoms with E-state index < -0.39 is 0 Å². The maximum absolute atomic E-state index is 12.7. The first-order chi connectivity index (χ1) is 10.2. The number of piperidine rings is 1. The number of pyridine rings is 1. The molecule has 1 aliphatic carbocycles. The molecule has 114 valence electrons. The molecule has 2 aliphatic rings. The van der Waals surface area contributed by atoms with Gasteiger partial charge >= 0.3 is 0 Å². The number of nitrogens with one attached hydrogen (secondary N) is 1. The first kappa shape index (κ1) is 14.6. The molecule has 1 N–H and O–H groups in total. The number of hydrogen-bond donors (Lipinski definition) is 1. The molecule has 2 heterocycles. The van der Waals surface area contributed by atoms with Crippen molar-refractivity contribution in [2.75, 3.05) is 25.5 Å². The molecular formula is C16H22ClN3O. The van der Waals surface area contributed by atoms with E-state index in [9.17, 15) is 4.79 Å². The number of rotatable bonds is 2. The molecule has 1 saturated carbocycles. The molecule has 0 radical (unpaired) electrons. The Kier molecular flexibility index (Phi) is 4.34. The maximum atomic E-state index is 12.7. The van der Waals surface area contributed by atoms with Crippen molar-refractivity contribution < 1.29 is 4.79 Å². The van der Waals surface area contributed by atoms with Gasteiger partial charge in [0, 0.05) is 25.7 Å². The zero-order chi connectivity index (χ0) is 14.8. The molecular weight excluding hydrogens is 286 g/mol. The van der Waals surface area contributed by atoms with Crippen molar-refractivity contribution in [1.29, 1.82) is 0 Å². The van der Waals surface area contributed by atoms with Crippen molar-refractivity contribution in [3.05, 3.63) is 22.8 Å². The molecule has 2 unspecified atom stereocenters. The van der Waals surface area contributed by atoms with E-state index in [4.69, 9.17) is 11.6 Å². The number of likely N-dealkylation sites (tertiary alicyclic amines) is 1. The van der Waals surface area contributed by atoms with E-state index >= 15 is 0 Å². The number of fused-ring (bicyclic) bond motifs is 1. The Morgan fingerprint density at radius 2 is 2.05 bits per heavy atom. The lowest BCUT2D eigenvalue weighted by Crippen LogP contribution is -2.44. The molecule has 3 rings (SSSR count). The first-order valence-electron chi connectivity index (χ1n) is 7.82. The summed E-state index contributed by atoms with van der Waals surface area (Å²) < 4.78 is 0. The van der Waals surface area contributed by atoms with Crippen molar-refractivity contribution in [2.24, 2.45) is 11.8 Å². The van der Waals surface area contributed by atoms with Crippen LogP contribution in [0.4, 0.5) is 5.82 Å². The molecule has 4 nitrogen and oxygen atoms in total. The maximum Gasteiger partial charge on any atom is 0.254 e. The second kappa shape index (κ2) is 6.22. The third-order valence-corrected chi connectivity index (χ3v) is 5.07. The van der Waals surface area contributed by atoms with Gasteiger partial charge < -0.3 is 10.2 Å². The van der Waals surface area contributed by atoms with E-state index in [0.29, 0.717) is 22.5 Å². The van der Waals surface area contributed by atoms with E-state index in [0.717, 1.165) is 25.4 Å². The van der Waals surface area contributed by atoms with Crippen LogP contribution < -0.4 is 5.32 Å². The smallest absolute Gasteiger partial charge is 0.254 e. The summed E-state index contributed by atoms with van der Waals surface area (Å²) in [6.45, 7) is 1.77. The molecule has 1 aromatic rings. The van der Waals surface area contributed by atoms with Crippen LogP contribution in [0, 0.1) is 11.8 Å². The van der Waals surface area contributed by atoms with Crippen molar-refractivity contribution in [2.45, 2.75) is 32.1 Å². The van der Waals surface area contributed by atoms with E-state index in [2.05, 4.69) is 10.3 Å². The molecule has 5 heteroatoms. The first-order valence-corrected chi connectivity index (χ1v) is 8.20. The molecule has 1 aromatic heterocycles. The van der Waals surface area contributed by atoms with Crippen LogP contribution in [0.5, 0.6) is 0 Å². The molecule has 2 fully saturated rings. The molecule has 2 atom stereocenters. The van der Waals surface area contributed by atoms with Crippen LogP contribution in [0.25, 0.3) is 0 Å². The predicted molar refractivity (Wildman–Crippen MR) is 84.8 cm³/mol. The SMILES string of the molecule is CNc1cc(C(=O)N2CCC3CCCCC3C2)cc(Cl)n1. The highest BCUT2D eigenvalue weighted by Gasteiger charge is 2.33. The van der Waals surface area contributed by atoms with Crippen LogP contribution in [0.1, 0.15) is 42.5 Å². The van der Waals surface area contributed by atoms with Crippen molar-refractivity contribution in [1.82, 2.24) is 9.88 Å². The molecule has 0 aromatic carbocycles. The molecule has 0 spiro atoms. The molecule has 1 aliphatic heterocycles. The number of amides is 1. The summed E-state index contributed by atoms with van der Waals surface area (Å²) in [6.07, 6.45) is 6.44. The van der Waals surface area contributed by atoms with Crippen molar-refractivity contribution in [3.8, 4) is 0 Å². The van der Waals surface area contributed by atoms with Gasteiger partial charge in [0.1, 0.15) is 11.0 Å². The highest BCUT2D eigenvalue weighted by atomic mass is 35.5. The summed E-state index contributed by atoms with van der Waals surface area (Å²) >= 11 is 6.00. The summed E-state index contributed by atoms with van der Waals surface area (Å²) in [7, 11) is 1.78. The number of hydrogen-bond acceptors (Lipinski definition) is 3. The quantitative estimate of drug-likeness (QED) is 0.851. The molecule has 21 heavy (non-hydrogen) atoms. The molecule has 1 saturated heterocycles. The summed E-state index contributed by atoms with van der Waals surface area (Å²) in [5.74, 6) is 2.24. The van der Waals surface area contributed by atoms with Gasteiger partial charge in [-0.15, -0.1) is 0 Å². The average molecular weight is 308 g/mol. The Labute approximate surface area is 130 Å². The minimum atomic E-state index is 0.0832. The Balaban J connectivity index is 1.74. The summed E-state index contributed by atoms with van der Waals surface area (Å²) in [5, 5.41) is 3.30. The third-order valence-electron chi connectivity index (χ3n) is 4.88. The monoisotopic (exact) mass is 307 g/mol. The molecule has 0 bridgehead atoms. The number of carbonyl (C=O) groups is 1. The highest BCUT2D eigenvalue weighted by molar-refractivity contribution is 6.29. The van der Waals surface area contributed by atoms with Crippen LogP contribution in [-0.4, -0.2) is 35.9 Å². The zero-order valence-electron chi connectivity index (χ0n) is 12.4. The van der Waals surface area contributed by atoms with Crippen LogP contribution >= 0.6 is 11.6 Å². The van der Waals surface area contributed by atoms with E-state index in [1.165, 1.54) is 25.7 Å². The second-order valence-corrected chi connectivity index (χ2v) is 6.55. The lowest BCUT2D eigenvalue weighted by molar-refractivity contribution is 0.0521. The minimum Gasteiger partial charge on any atom is -0.373 e. The van der Waals surface area contributed by atoms with E-state index in [1.54, 1.807) is 19.2 Å². The number of anilines is 1. The normalized spacial score (nSPS) is 25.3. The number of nitrogens with zero attached hydrogens (tertiary/aromatic N) is 2.